The van der Waals surface area contributed by atoms with Crippen LogP contribution in [0.2, 0.25) is 5.02 Å². The topological polar surface area (TPSA) is 34.0 Å². The molecule has 0 bridgehead atoms. The van der Waals surface area contributed by atoms with Gasteiger partial charge in [0.1, 0.15) is 5.82 Å². The Morgan fingerprint density at radius 3 is 2.66 bits per heavy atom. The van der Waals surface area contributed by atoms with E-state index >= 15 is 0 Å². The standard InChI is InChI=1S/C23H18ClFN2OS/c24-20-10-3-1-6-16(20)13-27-14-22(19-9-2-4-11-21(19)27)29-15-23(28)26-18-8-5-7-17(25)12-18/h1-12,14H,13,15H2,(H,26,28). The van der Waals surface area contributed by atoms with E-state index in [0.29, 0.717) is 12.2 Å². The summed E-state index contributed by atoms with van der Waals surface area (Å²) in [5.74, 6) is -0.321. The summed E-state index contributed by atoms with van der Waals surface area (Å²) in [6.45, 7) is 0.649. The fraction of sp³-hybridized carbons (Fsp3) is 0.0870. The van der Waals surface area contributed by atoms with E-state index in [1.807, 2.05) is 48.7 Å². The number of fused-ring (bicyclic) bond motifs is 1. The number of benzene rings is 3. The first-order valence-corrected chi connectivity index (χ1v) is 10.5. The Morgan fingerprint density at radius 2 is 1.83 bits per heavy atom. The Balaban J connectivity index is 1.52. The van der Waals surface area contributed by atoms with Gasteiger partial charge in [-0.1, -0.05) is 54.1 Å². The van der Waals surface area contributed by atoms with Crippen LogP contribution in [0.15, 0.2) is 83.9 Å². The number of hydrogen-bond donors (Lipinski definition) is 1. The summed E-state index contributed by atoms with van der Waals surface area (Å²) in [7, 11) is 0. The zero-order valence-electron chi connectivity index (χ0n) is 15.4. The lowest BCUT2D eigenvalue weighted by molar-refractivity contribution is -0.113. The van der Waals surface area contributed by atoms with Gasteiger partial charge in [-0.3, -0.25) is 4.79 Å². The van der Waals surface area contributed by atoms with Crippen LogP contribution in [0.3, 0.4) is 0 Å². The SMILES string of the molecule is O=C(CSc1cn(Cc2ccccc2Cl)c2ccccc12)Nc1cccc(F)c1. The van der Waals surface area contributed by atoms with Crippen molar-refractivity contribution in [3.05, 3.63) is 95.4 Å². The van der Waals surface area contributed by atoms with E-state index in [1.54, 1.807) is 12.1 Å². The van der Waals surface area contributed by atoms with Gasteiger partial charge in [0.05, 0.1) is 5.75 Å². The van der Waals surface area contributed by atoms with Gasteiger partial charge < -0.3 is 9.88 Å². The second-order valence-electron chi connectivity index (χ2n) is 6.58. The highest BCUT2D eigenvalue weighted by atomic mass is 35.5. The Kier molecular flexibility index (Phi) is 5.88. The number of aromatic nitrogens is 1. The second kappa shape index (κ2) is 8.72. The van der Waals surface area contributed by atoms with Crippen LogP contribution >= 0.6 is 23.4 Å². The van der Waals surface area contributed by atoms with Crippen molar-refractivity contribution in [3.63, 3.8) is 0 Å². The number of halogens is 2. The summed E-state index contributed by atoms with van der Waals surface area (Å²) in [5, 5.41) is 4.55. The van der Waals surface area contributed by atoms with Gasteiger partial charge in [-0.05, 0) is 35.9 Å². The third-order valence-corrected chi connectivity index (χ3v) is 5.93. The number of nitrogens with zero attached hydrogens (tertiary/aromatic N) is 1. The third kappa shape index (κ3) is 4.63. The average molecular weight is 425 g/mol. The molecule has 0 aliphatic heterocycles. The van der Waals surface area contributed by atoms with E-state index in [9.17, 15) is 9.18 Å². The van der Waals surface area contributed by atoms with Crippen molar-refractivity contribution >= 4 is 45.9 Å². The van der Waals surface area contributed by atoms with E-state index in [1.165, 1.54) is 23.9 Å². The Labute approximate surface area is 177 Å². The predicted octanol–water partition coefficient (Wildman–Crippen LogP) is 6.21. The zero-order chi connectivity index (χ0) is 20.2. The Hall–Kier alpha value is -2.76. The van der Waals surface area contributed by atoms with Crippen LogP contribution in [0.1, 0.15) is 5.56 Å². The van der Waals surface area contributed by atoms with Crippen LogP contribution in [0.25, 0.3) is 10.9 Å². The van der Waals surface area contributed by atoms with Crippen LogP contribution in [-0.4, -0.2) is 16.2 Å². The minimum Gasteiger partial charge on any atom is -0.342 e. The molecule has 0 aliphatic rings. The van der Waals surface area contributed by atoms with E-state index in [4.69, 9.17) is 11.6 Å². The monoisotopic (exact) mass is 424 g/mol. The third-order valence-electron chi connectivity index (χ3n) is 4.52. The van der Waals surface area contributed by atoms with Crippen LogP contribution in [-0.2, 0) is 11.3 Å². The molecule has 6 heteroatoms. The lowest BCUT2D eigenvalue weighted by Crippen LogP contribution is -2.13. The molecular weight excluding hydrogens is 407 g/mol. The van der Waals surface area contributed by atoms with Gasteiger partial charge in [0.15, 0.2) is 0 Å². The number of rotatable bonds is 6. The van der Waals surface area contributed by atoms with Crippen LogP contribution in [0.5, 0.6) is 0 Å². The van der Waals surface area contributed by atoms with Crippen molar-refractivity contribution in [3.8, 4) is 0 Å². The van der Waals surface area contributed by atoms with Crippen molar-refractivity contribution in [2.45, 2.75) is 11.4 Å². The highest BCUT2D eigenvalue weighted by Gasteiger charge is 2.12. The normalized spacial score (nSPS) is 11.0. The number of thioether (sulfide) groups is 1. The Morgan fingerprint density at radius 1 is 1.03 bits per heavy atom. The minimum atomic E-state index is -0.377. The first-order valence-electron chi connectivity index (χ1n) is 9.09. The first-order chi connectivity index (χ1) is 14.1. The molecule has 4 rings (SSSR count). The van der Waals surface area contributed by atoms with Crippen LogP contribution in [0.4, 0.5) is 10.1 Å². The van der Waals surface area contributed by atoms with E-state index < -0.39 is 0 Å². The number of nitrogens with one attached hydrogen (secondary N) is 1. The van der Waals surface area contributed by atoms with Gasteiger partial charge in [-0.2, -0.15) is 0 Å². The zero-order valence-corrected chi connectivity index (χ0v) is 17.0. The maximum absolute atomic E-state index is 13.3. The number of amides is 1. The maximum Gasteiger partial charge on any atom is 0.234 e. The van der Waals surface area contributed by atoms with E-state index in [2.05, 4.69) is 16.0 Å². The number of carbonyl (C=O) groups is 1. The maximum atomic E-state index is 13.3. The summed E-state index contributed by atoms with van der Waals surface area (Å²) in [6, 6.07) is 21.8. The van der Waals surface area contributed by atoms with Gasteiger partial charge in [0, 0.05) is 39.3 Å². The highest BCUT2D eigenvalue weighted by molar-refractivity contribution is 8.00. The molecule has 1 aromatic heterocycles. The summed E-state index contributed by atoms with van der Waals surface area (Å²) >= 11 is 7.78. The van der Waals surface area contributed by atoms with Crippen molar-refractivity contribution < 1.29 is 9.18 Å². The van der Waals surface area contributed by atoms with Crippen molar-refractivity contribution in [2.75, 3.05) is 11.1 Å². The lowest BCUT2D eigenvalue weighted by atomic mass is 10.2. The van der Waals surface area contributed by atoms with Crippen molar-refractivity contribution in [2.24, 2.45) is 0 Å². The first kappa shape index (κ1) is 19.6. The molecule has 1 heterocycles. The minimum absolute atomic E-state index is 0.177. The van der Waals surface area contributed by atoms with Gasteiger partial charge >= 0.3 is 0 Å². The summed E-state index contributed by atoms with van der Waals surface area (Å²) in [5.41, 5.74) is 2.58. The highest BCUT2D eigenvalue weighted by Crippen LogP contribution is 2.31. The molecule has 3 nitrogen and oxygen atoms in total. The van der Waals surface area contributed by atoms with Crippen LogP contribution < -0.4 is 5.32 Å². The smallest absolute Gasteiger partial charge is 0.234 e. The van der Waals surface area contributed by atoms with Gasteiger partial charge in [0.25, 0.3) is 0 Å². The largest absolute Gasteiger partial charge is 0.342 e. The van der Waals surface area contributed by atoms with E-state index in [-0.39, 0.29) is 17.5 Å². The second-order valence-corrected chi connectivity index (χ2v) is 8.00. The summed E-state index contributed by atoms with van der Waals surface area (Å²) in [4.78, 5) is 13.3. The molecule has 0 saturated heterocycles. The molecule has 0 aliphatic carbocycles. The predicted molar refractivity (Wildman–Crippen MR) is 118 cm³/mol. The molecule has 4 aromatic rings. The molecule has 29 heavy (non-hydrogen) atoms. The van der Waals surface area contributed by atoms with E-state index in [0.717, 1.165) is 26.4 Å². The fourth-order valence-electron chi connectivity index (χ4n) is 3.18. The molecule has 1 amide bonds. The molecular formula is C23H18ClFN2OS. The summed E-state index contributed by atoms with van der Waals surface area (Å²) in [6.07, 6.45) is 2.05. The van der Waals surface area contributed by atoms with Crippen LogP contribution in [0, 0.1) is 5.82 Å². The molecule has 3 aromatic carbocycles. The number of para-hydroxylation sites is 1. The molecule has 0 radical (unpaired) electrons. The fourth-order valence-corrected chi connectivity index (χ4v) is 4.26. The van der Waals surface area contributed by atoms with Crippen molar-refractivity contribution in [1.29, 1.82) is 0 Å². The van der Waals surface area contributed by atoms with Crippen molar-refractivity contribution in [1.82, 2.24) is 4.57 Å². The molecule has 0 unspecified atom stereocenters. The molecule has 0 saturated carbocycles. The molecule has 146 valence electrons. The quantitative estimate of drug-likeness (QED) is 0.373. The molecule has 0 fully saturated rings. The van der Waals surface area contributed by atoms with Gasteiger partial charge in [0.2, 0.25) is 5.91 Å². The summed E-state index contributed by atoms with van der Waals surface area (Å²) < 4.78 is 15.4. The number of carbonyl (C=O) groups excluding carboxylic acids is 1. The molecule has 0 atom stereocenters. The lowest BCUT2D eigenvalue weighted by Gasteiger charge is -2.07. The Bertz CT molecular complexity index is 1170. The average Bonchev–Trinajstić information content (AvgIpc) is 3.06. The van der Waals surface area contributed by atoms with Gasteiger partial charge in [-0.15, -0.1) is 11.8 Å². The van der Waals surface area contributed by atoms with Gasteiger partial charge in [-0.25, -0.2) is 4.39 Å². The molecule has 0 spiro atoms. The number of hydrogen-bond acceptors (Lipinski definition) is 2. The number of anilines is 1. The molecule has 1 N–H and O–H groups in total.